The van der Waals surface area contributed by atoms with Gasteiger partial charge >= 0.3 is 6.18 Å². The van der Waals surface area contributed by atoms with Crippen LogP contribution < -0.4 is 0 Å². The molecule has 0 bridgehead atoms. The van der Waals surface area contributed by atoms with E-state index in [0.717, 1.165) is 6.07 Å². The number of aliphatic hydroxyl groups excluding tert-OH is 1. The van der Waals surface area contributed by atoms with Crippen molar-refractivity contribution in [3.63, 3.8) is 0 Å². The Hall–Kier alpha value is -1.89. The summed E-state index contributed by atoms with van der Waals surface area (Å²) in [6.45, 7) is 3.56. The predicted octanol–water partition coefficient (Wildman–Crippen LogP) is 2.52. The lowest BCUT2D eigenvalue weighted by Crippen LogP contribution is -2.22. The molecule has 2 aromatic rings. The van der Waals surface area contributed by atoms with E-state index in [2.05, 4.69) is 10.1 Å². The van der Waals surface area contributed by atoms with Gasteiger partial charge in [0.05, 0.1) is 18.2 Å². The van der Waals surface area contributed by atoms with E-state index in [-0.39, 0.29) is 18.5 Å². The van der Waals surface area contributed by atoms with Crippen molar-refractivity contribution in [2.24, 2.45) is 0 Å². The number of benzene rings is 1. The lowest BCUT2D eigenvalue weighted by Gasteiger charge is -2.16. The van der Waals surface area contributed by atoms with Crippen molar-refractivity contribution in [2.45, 2.75) is 39.1 Å². The molecule has 1 aromatic carbocycles. The molecule has 2 rings (SSSR count). The van der Waals surface area contributed by atoms with Crippen molar-refractivity contribution in [3.05, 3.63) is 47.0 Å². The molecule has 0 amide bonds. The summed E-state index contributed by atoms with van der Waals surface area (Å²) in [5.41, 5.74) is -0.637. The van der Waals surface area contributed by atoms with Crippen LogP contribution in [0.5, 0.6) is 0 Å². The zero-order valence-electron chi connectivity index (χ0n) is 11.7. The Balaban J connectivity index is 2.13. The monoisotopic (exact) mass is 299 g/mol. The number of nitrogens with zero attached hydrogens (tertiary/aromatic N) is 3. The van der Waals surface area contributed by atoms with Crippen molar-refractivity contribution in [2.75, 3.05) is 0 Å². The maximum atomic E-state index is 12.9. The Morgan fingerprint density at radius 3 is 2.48 bits per heavy atom. The Morgan fingerprint density at radius 1 is 1.24 bits per heavy atom. The highest BCUT2D eigenvalue weighted by Crippen LogP contribution is 2.32. The first-order chi connectivity index (χ1) is 9.77. The van der Waals surface area contributed by atoms with E-state index < -0.39 is 17.8 Å². The molecule has 0 saturated carbocycles. The molecule has 0 aliphatic rings. The molecule has 1 aromatic heterocycles. The Labute approximate surface area is 120 Å². The molecule has 0 radical (unpaired) electrons. The first-order valence-corrected chi connectivity index (χ1v) is 6.48. The van der Waals surface area contributed by atoms with Gasteiger partial charge in [0.15, 0.2) is 0 Å². The molecule has 0 saturated heterocycles. The summed E-state index contributed by atoms with van der Waals surface area (Å²) in [6, 6.07) is 5.27. The van der Waals surface area contributed by atoms with E-state index in [1.807, 2.05) is 0 Å². The maximum absolute atomic E-state index is 12.9. The number of aryl methyl sites for hydroxylation is 2. The quantitative estimate of drug-likeness (QED) is 0.944. The summed E-state index contributed by atoms with van der Waals surface area (Å²) in [5.74, 6) is 1.19. The number of hydrogen-bond donors (Lipinski definition) is 1. The van der Waals surface area contributed by atoms with Crippen molar-refractivity contribution < 1.29 is 18.3 Å². The summed E-state index contributed by atoms with van der Waals surface area (Å²) in [5, 5.41) is 14.1. The van der Waals surface area contributed by atoms with Gasteiger partial charge in [0.2, 0.25) is 0 Å². The first-order valence-electron chi connectivity index (χ1n) is 6.48. The predicted molar refractivity (Wildman–Crippen MR) is 70.7 cm³/mol. The van der Waals surface area contributed by atoms with Crippen LogP contribution in [0.1, 0.15) is 22.8 Å². The second-order valence-corrected chi connectivity index (χ2v) is 4.90. The van der Waals surface area contributed by atoms with Gasteiger partial charge in [-0.15, -0.1) is 0 Å². The van der Waals surface area contributed by atoms with Crippen LogP contribution in [0, 0.1) is 13.8 Å². The van der Waals surface area contributed by atoms with Crippen molar-refractivity contribution in [1.82, 2.24) is 14.8 Å². The van der Waals surface area contributed by atoms with E-state index >= 15 is 0 Å². The minimum absolute atomic E-state index is 0.0759. The SMILES string of the molecule is Cc1nc(C)n(C[C@@H](O)Cc2ccccc2C(F)(F)F)n1. The zero-order chi connectivity index (χ0) is 15.6. The molecule has 21 heavy (non-hydrogen) atoms. The summed E-state index contributed by atoms with van der Waals surface area (Å²) in [4.78, 5) is 4.09. The molecule has 0 aliphatic heterocycles. The fraction of sp³-hybridized carbons (Fsp3) is 0.429. The topological polar surface area (TPSA) is 50.9 Å². The second kappa shape index (κ2) is 5.85. The summed E-state index contributed by atoms with van der Waals surface area (Å²) in [6.07, 6.45) is -5.47. The van der Waals surface area contributed by atoms with Crippen molar-refractivity contribution in [3.8, 4) is 0 Å². The zero-order valence-corrected chi connectivity index (χ0v) is 11.7. The van der Waals surface area contributed by atoms with Gasteiger partial charge in [-0.3, -0.25) is 0 Å². The number of halogens is 3. The summed E-state index contributed by atoms with van der Waals surface area (Å²) in [7, 11) is 0. The van der Waals surface area contributed by atoms with E-state index in [0.29, 0.717) is 11.6 Å². The van der Waals surface area contributed by atoms with Crippen LogP contribution in [0.15, 0.2) is 24.3 Å². The van der Waals surface area contributed by atoms with Gasteiger partial charge in [0.1, 0.15) is 11.6 Å². The molecule has 0 aliphatic carbocycles. The molecular formula is C14H16F3N3O. The number of aromatic nitrogens is 3. The number of aliphatic hydroxyl groups is 1. The van der Waals surface area contributed by atoms with Gasteiger partial charge in [-0.2, -0.15) is 18.3 Å². The largest absolute Gasteiger partial charge is 0.416 e. The average molecular weight is 299 g/mol. The molecule has 0 fully saturated rings. The minimum atomic E-state index is -4.42. The minimum Gasteiger partial charge on any atom is -0.391 e. The normalized spacial score (nSPS) is 13.4. The highest BCUT2D eigenvalue weighted by atomic mass is 19.4. The molecule has 0 unspecified atom stereocenters. The van der Waals surface area contributed by atoms with Gasteiger partial charge in [0.25, 0.3) is 0 Å². The number of alkyl halides is 3. The number of hydrogen-bond acceptors (Lipinski definition) is 3. The van der Waals surface area contributed by atoms with Crippen LogP contribution in [-0.4, -0.2) is 26.0 Å². The van der Waals surface area contributed by atoms with Crippen LogP contribution >= 0.6 is 0 Å². The van der Waals surface area contributed by atoms with Gasteiger partial charge in [-0.25, -0.2) is 9.67 Å². The Kier molecular flexibility index (Phi) is 4.32. The maximum Gasteiger partial charge on any atom is 0.416 e. The van der Waals surface area contributed by atoms with Crippen molar-refractivity contribution in [1.29, 1.82) is 0 Å². The lowest BCUT2D eigenvalue weighted by molar-refractivity contribution is -0.138. The highest BCUT2D eigenvalue weighted by Gasteiger charge is 2.33. The number of rotatable bonds is 4. The van der Waals surface area contributed by atoms with Gasteiger partial charge in [-0.1, -0.05) is 18.2 Å². The smallest absolute Gasteiger partial charge is 0.391 e. The van der Waals surface area contributed by atoms with E-state index in [9.17, 15) is 18.3 Å². The second-order valence-electron chi connectivity index (χ2n) is 4.90. The van der Waals surface area contributed by atoms with Crippen LogP contribution in [0.25, 0.3) is 0 Å². The van der Waals surface area contributed by atoms with E-state index in [1.165, 1.54) is 22.9 Å². The molecule has 1 heterocycles. The molecule has 1 N–H and O–H groups in total. The van der Waals surface area contributed by atoms with Gasteiger partial charge in [0, 0.05) is 6.42 Å². The summed E-state index contributed by atoms with van der Waals surface area (Å²) < 4.78 is 40.1. The van der Waals surface area contributed by atoms with Crippen LogP contribution in [0.3, 0.4) is 0 Å². The average Bonchev–Trinajstić information content (AvgIpc) is 2.67. The van der Waals surface area contributed by atoms with Gasteiger partial charge in [-0.05, 0) is 25.5 Å². The van der Waals surface area contributed by atoms with Crippen LogP contribution in [0.4, 0.5) is 13.2 Å². The Bertz CT molecular complexity index is 622. The van der Waals surface area contributed by atoms with Crippen molar-refractivity contribution >= 4 is 0 Å². The third-order valence-corrected chi connectivity index (χ3v) is 3.12. The standard InChI is InChI=1S/C14H16F3N3O/c1-9-18-10(2)20(19-9)8-12(21)7-11-5-3-4-6-13(11)14(15,16)17/h3-6,12,21H,7-8H2,1-2H3/t12-/m0/s1. The fourth-order valence-electron chi connectivity index (χ4n) is 2.23. The molecule has 0 spiro atoms. The molecule has 4 nitrogen and oxygen atoms in total. The van der Waals surface area contributed by atoms with Gasteiger partial charge < -0.3 is 5.11 Å². The molecule has 7 heteroatoms. The Morgan fingerprint density at radius 2 is 1.90 bits per heavy atom. The van der Waals surface area contributed by atoms with Crippen LogP contribution in [0.2, 0.25) is 0 Å². The third kappa shape index (κ3) is 3.81. The third-order valence-electron chi connectivity index (χ3n) is 3.12. The first kappa shape index (κ1) is 15.5. The van der Waals surface area contributed by atoms with E-state index in [1.54, 1.807) is 13.8 Å². The molecular weight excluding hydrogens is 283 g/mol. The fourth-order valence-corrected chi connectivity index (χ4v) is 2.23. The molecule has 1 atom stereocenters. The van der Waals surface area contributed by atoms with Crippen LogP contribution in [-0.2, 0) is 19.1 Å². The summed E-state index contributed by atoms with van der Waals surface area (Å²) >= 11 is 0. The van der Waals surface area contributed by atoms with E-state index in [4.69, 9.17) is 0 Å². The highest BCUT2D eigenvalue weighted by molar-refractivity contribution is 5.30. The lowest BCUT2D eigenvalue weighted by atomic mass is 10.0. The molecule has 114 valence electrons.